The first-order valence-electron chi connectivity index (χ1n) is 9.68. The van der Waals surface area contributed by atoms with Gasteiger partial charge in [0.05, 0.1) is 13.7 Å². The molecule has 0 aliphatic carbocycles. The molecule has 0 spiro atoms. The minimum absolute atomic E-state index is 0.209. The largest absolute Gasteiger partial charge is 0.493 e. The quantitative estimate of drug-likeness (QED) is 0.557. The van der Waals surface area contributed by atoms with Crippen LogP contribution < -0.4 is 14.2 Å². The summed E-state index contributed by atoms with van der Waals surface area (Å²) < 4.78 is 22.7. The lowest BCUT2D eigenvalue weighted by molar-refractivity contribution is 0.122. The third kappa shape index (κ3) is 6.36. The van der Waals surface area contributed by atoms with Gasteiger partial charge in [0.2, 0.25) is 0 Å². The van der Waals surface area contributed by atoms with E-state index in [1.165, 1.54) is 19.5 Å². The molecule has 0 aromatic heterocycles. The second kappa shape index (κ2) is 10.6. The van der Waals surface area contributed by atoms with Gasteiger partial charge >= 0.3 is 0 Å². The molecule has 1 aromatic carbocycles. The molecule has 1 heterocycles. The zero-order valence-electron chi connectivity index (χ0n) is 17.0. The second-order valence-electron chi connectivity index (χ2n) is 7.56. The Bertz CT molecular complexity index is 535. The van der Waals surface area contributed by atoms with E-state index < -0.39 is 0 Å². The van der Waals surface area contributed by atoms with Gasteiger partial charge in [-0.3, -0.25) is 0 Å². The van der Waals surface area contributed by atoms with Gasteiger partial charge in [0.15, 0.2) is 11.5 Å². The summed E-state index contributed by atoms with van der Waals surface area (Å²) in [6, 6.07) is 5.83. The van der Waals surface area contributed by atoms with E-state index >= 15 is 0 Å². The number of rotatable bonds is 11. The third-order valence-corrected chi connectivity index (χ3v) is 4.97. The smallest absolute Gasteiger partial charge is 0.164 e. The zero-order valence-corrected chi connectivity index (χ0v) is 17.0. The van der Waals surface area contributed by atoms with Gasteiger partial charge in [-0.1, -0.05) is 13.8 Å². The van der Waals surface area contributed by atoms with E-state index in [1.807, 2.05) is 18.2 Å². The van der Waals surface area contributed by atoms with E-state index in [4.69, 9.17) is 18.9 Å². The number of likely N-dealkylation sites (tertiary alicyclic amines) is 1. The number of hydrogen-bond acceptors (Lipinski definition) is 5. The van der Waals surface area contributed by atoms with Crippen LogP contribution in [0.3, 0.4) is 0 Å². The van der Waals surface area contributed by atoms with Crippen LogP contribution >= 0.6 is 0 Å². The van der Waals surface area contributed by atoms with E-state index in [0.29, 0.717) is 19.1 Å². The molecule has 2 rings (SSSR count). The standard InChI is InChI=1S/C21H35NO4/c1-16(2)20(13-17-9-10-22(3)15-17)26-18-7-8-19(24-5)21(14-18)25-12-6-11-23-4/h7-8,14,16-17,20H,6,9-13,15H2,1-5H3/t17?,20-/m0/s1. The van der Waals surface area contributed by atoms with Crippen LogP contribution in [-0.4, -0.2) is 58.6 Å². The molecule has 1 aromatic rings. The predicted molar refractivity (Wildman–Crippen MR) is 104 cm³/mol. The molecule has 0 radical (unpaired) electrons. The Labute approximate surface area is 158 Å². The Morgan fingerprint density at radius 3 is 2.58 bits per heavy atom. The Morgan fingerprint density at radius 2 is 1.96 bits per heavy atom. The van der Waals surface area contributed by atoms with Crippen molar-refractivity contribution in [2.75, 3.05) is 47.6 Å². The number of methoxy groups -OCH3 is 2. The lowest BCUT2D eigenvalue weighted by Gasteiger charge is -2.26. The molecule has 0 N–H and O–H groups in total. The van der Waals surface area contributed by atoms with Crippen molar-refractivity contribution in [1.29, 1.82) is 0 Å². The van der Waals surface area contributed by atoms with E-state index in [9.17, 15) is 0 Å². The van der Waals surface area contributed by atoms with Gasteiger partial charge in [-0.2, -0.15) is 0 Å². The Hall–Kier alpha value is -1.46. The summed E-state index contributed by atoms with van der Waals surface area (Å²) >= 11 is 0. The fourth-order valence-electron chi connectivity index (χ4n) is 3.41. The highest BCUT2D eigenvalue weighted by Crippen LogP contribution is 2.33. The SMILES string of the molecule is COCCCOc1cc(O[C@@H](CC2CCN(C)C2)C(C)C)ccc1OC. The Morgan fingerprint density at radius 1 is 1.15 bits per heavy atom. The van der Waals surface area contributed by atoms with Crippen molar-refractivity contribution in [3.05, 3.63) is 18.2 Å². The van der Waals surface area contributed by atoms with Crippen molar-refractivity contribution in [3.8, 4) is 17.2 Å². The number of benzene rings is 1. The highest BCUT2D eigenvalue weighted by molar-refractivity contribution is 5.45. The van der Waals surface area contributed by atoms with Gasteiger partial charge in [-0.15, -0.1) is 0 Å². The molecule has 0 amide bonds. The van der Waals surface area contributed by atoms with E-state index in [-0.39, 0.29) is 6.10 Å². The molecule has 1 unspecified atom stereocenters. The molecular formula is C21H35NO4. The van der Waals surface area contributed by atoms with Crippen molar-refractivity contribution >= 4 is 0 Å². The van der Waals surface area contributed by atoms with Gasteiger partial charge in [0.25, 0.3) is 0 Å². The van der Waals surface area contributed by atoms with Crippen molar-refractivity contribution in [2.24, 2.45) is 11.8 Å². The first kappa shape index (κ1) is 20.8. The van der Waals surface area contributed by atoms with Crippen molar-refractivity contribution in [1.82, 2.24) is 4.90 Å². The first-order valence-corrected chi connectivity index (χ1v) is 9.68. The maximum absolute atomic E-state index is 6.36. The van der Waals surface area contributed by atoms with E-state index in [0.717, 1.165) is 36.0 Å². The molecule has 0 saturated carbocycles. The van der Waals surface area contributed by atoms with Crippen molar-refractivity contribution < 1.29 is 18.9 Å². The van der Waals surface area contributed by atoms with E-state index in [1.54, 1.807) is 14.2 Å². The number of hydrogen-bond donors (Lipinski definition) is 0. The average Bonchev–Trinajstić information content (AvgIpc) is 3.03. The molecule has 1 aliphatic rings. The van der Waals surface area contributed by atoms with Crippen LogP contribution in [0.25, 0.3) is 0 Å². The molecule has 5 heteroatoms. The third-order valence-electron chi connectivity index (χ3n) is 4.97. The maximum Gasteiger partial charge on any atom is 0.164 e. The molecule has 1 aliphatic heterocycles. The number of nitrogens with zero attached hydrogens (tertiary/aromatic N) is 1. The highest BCUT2D eigenvalue weighted by Gasteiger charge is 2.26. The van der Waals surface area contributed by atoms with Crippen LogP contribution in [-0.2, 0) is 4.74 Å². The van der Waals surface area contributed by atoms with Crippen LogP contribution in [0.4, 0.5) is 0 Å². The summed E-state index contributed by atoms with van der Waals surface area (Å²) in [5, 5.41) is 0. The van der Waals surface area contributed by atoms with Gasteiger partial charge in [0, 0.05) is 32.7 Å². The van der Waals surface area contributed by atoms with Gasteiger partial charge in [-0.25, -0.2) is 0 Å². The van der Waals surface area contributed by atoms with Crippen LogP contribution in [0.5, 0.6) is 17.2 Å². The molecule has 5 nitrogen and oxygen atoms in total. The normalized spacial score (nSPS) is 18.9. The molecule has 148 valence electrons. The molecular weight excluding hydrogens is 330 g/mol. The zero-order chi connectivity index (χ0) is 18.9. The topological polar surface area (TPSA) is 40.2 Å². The summed E-state index contributed by atoms with van der Waals surface area (Å²) in [5.41, 5.74) is 0. The summed E-state index contributed by atoms with van der Waals surface area (Å²) in [4.78, 5) is 2.40. The lowest BCUT2D eigenvalue weighted by Crippen LogP contribution is -2.27. The van der Waals surface area contributed by atoms with Gasteiger partial charge in [0.1, 0.15) is 11.9 Å². The van der Waals surface area contributed by atoms with Gasteiger partial charge in [-0.05, 0) is 50.4 Å². The fourth-order valence-corrected chi connectivity index (χ4v) is 3.41. The summed E-state index contributed by atoms with van der Waals surface area (Å²) in [6.45, 7) is 8.10. The monoisotopic (exact) mass is 365 g/mol. The highest BCUT2D eigenvalue weighted by atomic mass is 16.5. The van der Waals surface area contributed by atoms with Crippen molar-refractivity contribution in [2.45, 2.75) is 39.2 Å². The molecule has 2 atom stereocenters. The Kier molecular flexibility index (Phi) is 8.52. The summed E-state index contributed by atoms with van der Waals surface area (Å²) in [6.07, 6.45) is 3.41. The minimum Gasteiger partial charge on any atom is -0.493 e. The lowest BCUT2D eigenvalue weighted by atomic mass is 9.94. The van der Waals surface area contributed by atoms with Gasteiger partial charge < -0.3 is 23.8 Å². The van der Waals surface area contributed by atoms with Crippen LogP contribution in [0.15, 0.2) is 18.2 Å². The van der Waals surface area contributed by atoms with Crippen LogP contribution in [0.1, 0.15) is 33.1 Å². The second-order valence-corrected chi connectivity index (χ2v) is 7.56. The molecule has 1 fully saturated rings. The average molecular weight is 366 g/mol. The summed E-state index contributed by atoms with van der Waals surface area (Å²) in [5.74, 6) is 3.49. The van der Waals surface area contributed by atoms with Crippen LogP contribution in [0.2, 0.25) is 0 Å². The molecule has 26 heavy (non-hydrogen) atoms. The molecule has 1 saturated heterocycles. The number of ether oxygens (including phenoxy) is 4. The Balaban J connectivity index is 2.00. The summed E-state index contributed by atoms with van der Waals surface area (Å²) in [7, 11) is 5.55. The molecule has 0 bridgehead atoms. The van der Waals surface area contributed by atoms with E-state index in [2.05, 4.69) is 25.8 Å². The maximum atomic E-state index is 6.36. The van der Waals surface area contributed by atoms with Crippen molar-refractivity contribution in [3.63, 3.8) is 0 Å². The minimum atomic E-state index is 0.209. The predicted octanol–water partition coefficient (Wildman–Crippen LogP) is 3.86. The fraction of sp³-hybridized carbons (Fsp3) is 0.714. The van der Waals surface area contributed by atoms with Crippen LogP contribution in [0, 0.1) is 11.8 Å². The first-order chi connectivity index (χ1) is 12.5.